The molecule has 3 rings (SSSR count). The number of imidazole rings is 1. The number of halogens is 2. The Balaban J connectivity index is 2.57. The molecule has 5 heteroatoms. The molecule has 2 nitrogen and oxygen atoms in total. The number of aryl methyl sites for hydroxylation is 3. The van der Waals surface area contributed by atoms with Crippen LogP contribution in [0.15, 0.2) is 4.47 Å². The number of hydrogen-bond donors (Lipinski definition) is 0. The maximum absolute atomic E-state index is 6.15. The fraction of sp³-hybridized carbons (Fsp3) is 0.364. The van der Waals surface area contributed by atoms with Crippen LogP contribution in [0.4, 0.5) is 0 Å². The highest BCUT2D eigenvalue weighted by molar-refractivity contribution is 9.10. The van der Waals surface area contributed by atoms with Crippen molar-refractivity contribution >= 4 is 51.9 Å². The average molecular weight is 295 g/mol. The summed E-state index contributed by atoms with van der Waals surface area (Å²) in [6, 6.07) is 0. The molecule has 1 aliphatic rings. The quantitative estimate of drug-likeness (QED) is 0.683. The lowest BCUT2D eigenvalue weighted by Gasteiger charge is -2.19. The fourth-order valence-corrected chi connectivity index (χ4v) is 3.11. The van der Waals surface area contributed by atoms with E-state index in [1.165, 1.54) is 5.56 Å². The van der Waals surface area contributed by atoms with Gasteiger partial charge in [0, 0.05) is 11.0 Å². The van der Waals surface area contributed by atoms with Gasteiger partial charge in [-0.2, -0.15) is 0 Å². The molecular weight excluding hydrogens is 286 g/mol. The Kier molecular flexibility index (Phi) is 2.34. The van der Waals surface area contributed by atoms with Crippen LogP contribution >= 0.6 is 27.5 Å². The minimum atomic E-state index is 0.566. The van der Waals surface area contributed by atoms with Crippen molar-refractivity contribution in [2.45, 2.75) is 26.3 Å². The van der Waals surface area contributed by atoms with Crippen LogP contribution < -0.4 is 5.46 Å². The summed E-state index contributed by atoms with van der Waals surface area (Å²) in [5.41, 5.74) is 5.18. The highest BCUT2D eigenvalue weighted by Crippen LogP contribution is 2.32. The van der Waals surface area contributed by atoms with E-state index < -0.39 is 0 Å². The molecular formula is C11H9BBrClN2. The van der Waals surface area contributed by atoms with Crippen LogP contribution in [0.5, 0.6) is 0 Å². The molecule has 0 saturated heterocycles. The van der Waals surface area contributed by atoms with E-state index in [0.29, 0.717) is 5.28 Å². The van der Waals surface area contributed by atoms with E-state index in [1.807, 2.05) is 6.92 Å². The second-order valence-electron chi connectivity index (χ2n) is 4.16. The Morgan fingerprint density at radius 2 is 2.25 bits per heavy atom. The zero-order valence-electron chi connectivity index (χ0n) is 8.85. The van der Waals surface area contributed by atoms with Gasteiger partial charge in [0.25, 0.3) is 0 Å². The maximum atomic E-state index is 6.15. The van der Waals surface area contributed by atoms with Crippen LogP contribution in [0.1, 0.15) is 17.5 Å². The van der Waals surface area contributed by atoms with Crippen LogP contribution in [-0.2, 0) is 13.0 Å². The van der Waals surface area contributed by atoms with Gasteiger partial charge in [0.15, 0.2) is 0 Å². The third-order valence-electron chi connectivity index (χ3n) is 3.26. The summed E-state index contributed by atoms with van der Waals surface area (Å²) in [5.74, 6) is 0. The van der Waals surface area contributed by atoms with Crippen molar-refractivity contribution in [1.82, 2.24) is 9.55 Å². The Labute approximate surface area is 109 Å². The molecule has 0 spiro atoms. The Bertz CT molecular complexity index is 606. The van der Waals surface area contributed by atoms with Gasteiger partial charge in [0.1, 0.15) is 7.85 Å². The SMILES string of the molecule is [B]c1c(Br)c(C)c2nc(Cl)n3c2c1CCC3. The molecule has 2 aromatic rings. The summed E-state index contributed by atoms with van der Waals surface area (Å²) < 4.78 is 3.02. The van der Waals surface area contributed by atoms with E-state index in [0.717, 1.165) is 45.9 Å². The standard InChI is InChI=1S/C11H9BBrClN2/c1-5-8(13)7(12)6-3-2-4-16-10(6)9(5)15-11(16)14/h2-4H2,1H3. The van der Waals surface area contributed by atoms with E-state index in [9.17, 15) is 0 Å². The third-order valence-corrected chi connectivity index (χ3v) is 4.57. The number of aromatic nitrogens is 2. The average Bonchev–Trinajstić information content (AvgIpc) is 2.63. The van der Waals surface area contributed by atoms with Crippen molar-refractivity contribution < 1.29 is 0 Å². The van der Waals surface area contributed by atoms with Gasteiger partial charge in [0.2, 0.25) is 5.28 Å². The van der Waals surface area contributed by atoms with Gasteiger partial charge in [0.05, 0.1) is 11.0 Å². The van der Waals surface area contributed by atoms with E-state index in [1.54, 1.807) is 0 Å². The first kappa shape index (κ1) is 10.7. The van der Waals surface area contributed by atoms with Crippen LogP contribution in [0.25, 0.3) is 11.0 Å². The molecule has 0 N–H and O–H groups in total. The number of rotatable bonds is 0. The molecule has 16 heavy (non-hydrogen) atoms. The van der Waals surface area contributed by atoms with Gasteiger partial charge in [-0.25, -0.2) is 4.98 Å². The monoisotopic (exact) mass is 294 g/mol. The van der Waals surface area contributed by atoms with E-state index >= 15 is 0 Å². The number of benzene rings is 1. The molecule has 80 valence electrons. The van der Waals surface area contributed by atoms with Crippen LogP contribution in [0, 0.1) is 6.92 Å². The molecule has 2 heterocycles. The van der Waals surface area contributed by atoms with Gasteiger partial charge in [-0.05, 0) is 42.5 Å². The zero-order chi connectivity index (χ0) is 11.4. The van der Waals surface area contributed by atoms with Crippen molar-refractivity contribution in [3.8, 4) is 0 Å². The molecule has 0 fully saturated rings. The highest BCUT2D eigenvalue weighted by atomic mass is 79.9. The molecule has 0 unspecified atom stereocenters. The van der Waals surface area contributed by atoms with Gasteiger partial charge in [-0.15, -0.1) is 0 Å². The van der Waals surface area contributed by atoms with Gasteiger partial charge >= 0.3 is 0 Å². The topological polar surface area (TPSA) is 17.8 Å². The van der Waals surface area contributed by atoms with Crippen molar-refractivity contribution in [2.75, 3.05) is 0 Å². The smallest absolute Gasteiger partial charge is 0.203 e. The molecule has 1 aromatic heterocycles. The second-order valence-corrected chi connectivity index (χ2v) is 5.30. The molecule has 1 aromatic carbocycles. The summed E-state index contributed by atoms with van der Waals surface area (Å²) in [6.45, 7) is 2.95. The largest absolute Gasteiger partial charge is 0.314 e. The van der Waals surface area contributed by atoms with E-state index in [2.05, 4.69) is 25.5 Å². The second kappa shape index (κ2) is 3.51. The molecule has 0 amide bonds. The zero-order valence-corrected chi connectivity index (χ0v) is 11.2. The van der Waals surface area contributed by atoms with Crippen molar-refractivity contribution in [3.63, 3.8) is 0 Å². The first-order valence-electron chi connectivity index (χ1n) is 5.23. The predicted molar refractivity (Wildman–Crippen MR) is 70.9 cm³/mol. The minimum absolute atomic E-state index is 0.566. The summed E-state index contributed by atoms with van der Waals surface area (Å²) in [7, 11) is 6.14. The van der Waals surface area contributed by atoms with Crippen LogP contribution in [-0.4, -0.2) is 17.4 Å². The van der Waals surface area contributed by atoms with Crippen molar-refractivity contribution in [1.29, 1.82) is 0 Å². The van der Waals surface area contributed by atoms with Crippen molar-refractivity contribution in [3.05, 3.63) is 20.9 Å². The Hall–Kier alpha value is -0.475. The summed E-state index contributed by atoms with van der Waals surface area (Å²) >= 11 is 9.68. The fourth-order valence-electron chi connectivity index (χ4n) is 2.43. The number of nitrogens with zero attached hydrogens (tertiary/aromatic N) is 2. The number of hydrogen-bond acceptors (Lipinski definition) is 1. The molecule has 1 aliphatic heterocycles. The molecule has 0 bridgehead atoms. The summed E-state index contributed by atoms with van der Waals surface area (Å²) in [6.07, 6.45) is 2.07. The molecule has 0 saturated carbocycles. The van der Waals surface area contributed by atoms with Gasteiger partial charge in [-0.3, -0.25) is 0 Å². The minimum Gasteiger partial charge on any atom is -0.314 e. The first-order chi connectivity index (χ1) is 7.61. The lowest BCUT2D eigenvalue weighted by molar-refractivity contribution is 0.634. The molecule has 0 aliphatic carbocycles. The van der Waals surface area contributed by atoms with E-state index in [-0.39, 0.29) is 0 Å². The normalized spacial score (nSPS) is 14.7. The molecule has 0 atom stereocenters. The van der Waals surface area contributed by atoms with Gasteiger partial charge in [-0.1, -0.05) is 21.4 Å². The van der Waals surface area contributed by atoms with E-state index in [4.69, 9.17) is 19.4 Å². The first-order valence-corrected chi connectivity index (χ1v) is 6.40. The van der Waals surface area contributed by atoms with Crippen LogP contribution in [0.2, 0.25) is 5.28 Å². The third kappa shape index (κ3) is 1.23. The highest BCUT2D eigenvalue weighted by Gasteiger charge is 2.22. The Morgan fingerprint density at radius 3 is 3.00 bits per heavy atom. The van der Waals surface area contributed by atoms with Gasteiger partial charge < -0.3 is 4.57 Å². The maximum Gasteiger partial charge on any atom is 0.203 e. The van der Waals surface area contributed by atoms with Crippen LogP contribution in [0.3, 0.4) is 0 Å². The lowest BCUT2D eigenvalue weighted by atomic mass is 9.85. The summed E-state index contributed by atoms with van der Waals surface area (Å²) in [5, 5.41) is 0.566. The summed E-state index contributed by atoms with van der Waals surface area (Å²) in [4.78, 5) is 4.43. The Morgan fingerprint density at radius 1 is 1.50 bits per heavy atom. The lowest BCUT2D eigenvalue weighted by Crippen LogP contribution is -2.20. The molecule has 2 radical (unpaired) electrons. The van der Waals surface area contributed by atoms with Crippen molar-refractivity contribution in [2.24, 2.45) is 0 Å². The predicted octanol–water partition coefficient (Wildman–Crippen LogP) is 2.50.